The summed E-state index contributed by atoms with van der Waals surface area (Å²) >= 11 is 0. The zero-order valence-electron chi connectivity index (χ0n) is 14.8. The van der Waals surface area contributed by atoms with E-state index in [1.165, 1.54) is 12.1 Å². The largest absolute Gasteiger partial charge is 0.405 e. The quantitative estimate of drug-likeness (QED) is 0.333. The van der Waals surface area contributed by atoms with Gasteiger partial charge in [0.15, 0.2) is 5.82 Å². The number of aromatic nitrogens is 1. The van der Waals surface area contributed by atoms with Crippen molar-refractivity contribution in [1.29, 1.82) is 0 Å². The number of nitrogens with one attached hydrogen (secondary N) is 2. The minimum atomic E-state index is -4.49. The Kier molecular flexibility index (Phi) is 5.14. The van der Waals surface area contributed by atoms with Gasteiger partial charge in [-0.05, 0) is 35.6 Å². The van der Waals surface area contributed by atoms with Crippen LogP contribution in [0.15, 0.2) is 12.1 Å². The normalized spacial score (nSPS) is 12.3. The van der Waals surface area contributed by atoms with Gasteiger partial charge in [0.25, 0.3) is 5.91 Å². The van der Waals surface area contributed by atoms with E-state index in [1.807, 2.05) is 26.2 Å². The first-order chi connectivity index (χ1) is 11.8. The van der Waals surface area contributed by atoms with Crippen molar-refractivity contribution in [3.05, 3.63) is 34.8 Å². The first-order valence-corrected chi connectivity index (χ1v) is 7.81. The van der Waals surface area contributed by atoms with Gasteiger partial charge >= 0.3 is 6.18 Å². The van der Waals surface area contributed by atoms with E-state index in [2.05, 4.69) is 10.3 Å². The van der Waals surface area contributed by atoms with Crippen LogP contribution in [0, 0.1) is 12.7 Å². The summed E-state index contributed by atoms with van der Waals surface area (Å²) in [6, 6.07) is 2.65. The predicted octanol–water partition coefficient (Wildman–Crippen LogP) is 3.56. The van der Waals surface area contributed by atoms with Crippen molar-refractivity contribution in [1.82, 2.24) is 10.4 Å². The molecule has 0 unspecified atom stereocenters. The summed E-state index contributed by atoms with van der Waals surface area (Å²) in [7, 11) is 0. The average molecular weight is 372 g/mol. The van der Waals surface area contributed by atoms with E-state index in [1.54, 1.807) is 6.92 Å². The molecule has 4 N–H and O–H groups in total. The van der Waals surface area contributed by atoms with Crippen molar-refractivity contribution in [2.75, 3.05) is 11.9 Å². The second-order valence-electron chi connectivity index (χ2n) is 7.03. The average Bonchev–Trinajstić information content (AvgIpc) is 2.50. The van der Waals surface area contributed by atoms with Gasteiger partial charge < -0.3 is 5.32 Å². The highest BCUT2D eigenvalue weighted by Gasteiger charge is 2.29. The molecule has 0 radical (unpaired) electrons. The third-order valence-electron chi connectivity index (χ3n) is 3.87. The number of halogens is 4. The molecular formula is C17H20F4N4O. The van der Waals surface area contributed by atoms with Crippen LogP contribution < -0.4 is 16.6 Å². The highest BCUT2D eigenvalue weighted by Crippen LogP contribution is 2.36. The van der Waals surface area contributed by atoms with Crippen LogP contribution in [-0.4, -0.2) is 23.6 Å². The zero-order valence-corrected chi connectivity index (χ0v) is 14.8. The maximum atomic E-state index is 14.9. The molecule has 0 atom stereocenters. The Hall–Kier alpha value is -2.42. The minimum Gasteiger partial charge on any atom is -0.374 e. The second kappa shape index (κ2) is 6.71. The summed E-state index contributed by atoms with van der Waals surface area (Å²) in [6.07, 6.45) is -4.49. The summed E-state index contributed by atoms with van der Waals surface area (Å²) in [5.74, 6) is 3.64. The lowest BCUT2D eigenvalue weighted by Crippen LogP contribution is -2.31. The molecule has 9 heteroatoms. The third kappa shape index (κ3) is 4.04. The Morgan fingerprint density at radius 1 is 1.23 bits per heavy atom. The number of hydrogen-bond acceptors (Lipinski definition) is 4. The summed E-state index contributed by atoms with van der Waals surface area (Å²) in [5, 5.41) is 2.17. The number of hydrogen-bond donors (Lipinski definition) is 3. The molecule has 0 spiro atoms. The monoisotopic (exact) mass is 372 g/mol. The van der Waals surface area contributed by atoms with Crippen molar-refractivity contribution in [2.24, 2.45) is 5.84 Å². The van der Waals surface area contributed by atoms with Crippen LogP contribution >= 0.6 is 0 Å². The standard InChI is InChI=1S/C17H20F4N4O/c1-8-5-11(15(26)25-22)24-14-9(16(2,3)4)6-10(13(18)12(8)14)23-7-17(19,20)21/h5-6,23H,7,22H2,1-4H3,(H,25,26). The van der Waals surface area contributed by atoms with Gasteiger partial charge in [-0.15, -0.1) is 0 Å². The SMILES string of the molecule is Cc1cc(C(=O)NN)nc2c(C(C)(C)C)cc(NCC(F)(F)F)c(F)c12. The summed E-state index contributed by atoms with van der Waals surface area (Å²) < 4.78 is 52.5. The summed E-state index contributed by atoms with van der Waals surface area (Å²) in [6.45, 7) is 5.65. The molecule has 0 aliphatic heterocycles. The fourth-order valence-corrected chi connectivity index (χ4v) is 2.64. The number of nitrogens with zero attached hydrogens (tertiary/aromatic N) is 1. The number of hydrazine groups is 1. The molecule has 0 aliphatic carbocycles. The number of aryl methyl sites for hydroxylation is 1. The van der Waals surface area contributed by atoms with E-state index in [4.69, 9.17) is 5.84 Å². The number of fused-ring (bicyclic) bond motifs is 1. The topological polar surface area (TPSA) is 80.0 Å². The fourth-order valence-electron chi connectivity index (χ4n) is 2.64. The molecule has 0 fully saturated rings. The maximum absolute atomic E-state index is 14.9. The third-order valence-corrected chi connectivity index (χ3v) is 3.87. The summed E-state index contributed by atoms with van der Waals surface area (Å²) in [5.41, 5.74) is 2.23. The van der Waals surface area contributed by atoms with Crippen molar-refractivity contribution in [2.45, 2.75) is 39.3 Å². The van der Waals surface area contributed by atoms with Crippen LogP contribution in [0.3, 0.4) is 0 Å². The number of carbonyl (C=O) groups excluding carboxylic acids is 1. The molecule has 1 heterocycles. The Morgan fingerprint density at radius 3 is 2.35 bits per heavy atom. The Balaban J connectivity index is 2.78. The number of amides is 1. The fraction of sp³-hybridized carbons (Fsp3) is 0.412. The molecule has 0 bridgehead atoms. The predicted molar refractivity (Wildman–Crippen MR) is 91.3 cm³/mol. The van der Waals surface area contributed by atoms with E-state index < -0.39 is 29.9 Å². The number of anilines is 1. The number of carbonyl (C=O) groups is 1. The number of benzene rings is 1. The molecule has 26 heavy (non-hydrogen) atoms. The van der Waals surface area contributed by atoms with E-state index >= 15 is 0 Å². The number of rotatable bonds is 3. The molecule has 2 rings (SSSR count). The van der Waals surface area contributed by atoms with E-state index in [0.717, 1.165) is 0 Å². The van der Waals surface area contributed by atoms with Gasteiger partial charge in [0.1, 0.15) is 12.2 Å². The van der Waals surface area contributed by atoms with E-state index in [0.29, 0.717) is 11.1 Å². The number of nitrogens with two attached hydrogens (primary N) is 1. The Bertz CT molecular complexity index is 857. The first-order valence-electron chi connectivity index (χ1n) is 7.81. The molecule has 0 saturated heterocycles. The van der Waals surface area contributed by atoms with Crippen molar-refractivity contribution >= 4 is 22.5 Å². The lowest BCUT2D eigenvalue weighted by molar-refractivity contribution is -0.115. The van der Waals surface area contributed by atoms with Gasteiger partial charge in [-0.2, -0.15) is 13.2 Å². The Labute approximate surface area is 147 Å². The molecule has 1 aromatic carbocycles. The molecular weight excluding hydrogens is 352 g/mol. The van der Waals surface area contributed by atoms with Gasteiger partial charge in [0.05, 0.1) is 11.2 Å². The lowest BCUT2D eigenvalue weighted by Gasteiger charge is -2.24. The first kappa shape index (κ1) is 19.9. The zero-order chi connectivity index (χ0) is 19.9. The Morgan fingerprint density at radius 2 is 1.85 bits per heavy atom. The van der Waals surface area contributed by atoms with Gasteiger partial charge in [0, 0.05) is 5.39 Å². The number of pyridine rings is 1. The van der Waals surface area contributed by atoms with Gasteiger partial charge in [-0.3, -0.25) is 10.2 Å². The van der Waals surface area contributed by atoms with Crippen molar-refractivity contribution < 1.29 is 22.4 Å². The van der Waals surface area contributed by atoms with Crippen molar-refractivity contribution in [3.63, 3.8) is 0 Å². The van der Waals surface area contributed by atoms with Gasteiger partial charge in [0.2, 0.25) is 0 Å². The van der Waals surface area contributed by atoms with E-state index in [-0.39, 0.29) is 22.3 Å². The van der Waals surface area contributed by atoms with Gasteiger partial charge in [-0.25, -0.2) is 15.2 Å². The van der Waals surface area contributed by atoms with E-state index in [9.17, 15) is 22.4 Å². The van der Waals surface area contributed by atoms with Crippen LogP contribution in [0.1, 0.15) is 42.4 Å². The molecule has 2 aromatic rings. The molecule has 1 amide bonds. The van der Waals surface area contributed by atoms with Crippen LogP contribution in [0.5, 0.6) is 0 Å². The van der Waals surface area contributed by atoms with Crippen LogP contribution in [0.25, 0.3) is 10.9 Å². The molecule has 5 nitrogen and oxygen atoms in total. The van der Waals surface area contributed by atoms with Crippen molar-refractivity contribution in [3.8, 4) is 0 Å². The van der Waals surface area contributed by atoms with Gasteiger partial charge in [-0.1, -0.05) is 20.8 Å². The highest BCUT2D eigenvalue weighted by molar-refractivity contribution is 5.97. The van der Waals surface area contributed by atoms with Crippen LogP contribution in [0.2, 0.25) is 0 Å². The molecule has 0 aliphatic rings. The lowest BCUT2D eigenvalue weighted by atomic mass is 9.84. The van der Waals surface area contributed by atoms with Crippen LogP contribution in [0.4, 0.5) is 23.2 Å². The summed E-state index contributed by atoms with van der Waals surface area (Å²) in [4.78, 5) is 16.0. The molecule has 142 valence electrons. The molecule has 0 saturated carbocycles. The second-order valence-corrected chi connectivity index (χ2v) is 7.03. The molecule has 1 aromatic heterocycles. The highest BCUT2D eigenvalue weighted by atomic mass is 19.4. The maximum Gasteiger partial charge on any atom is 0.405 e. The smallest absolute Gasteiger partial charge is 0.374 e. The number of nitrogen functional groups attached to an aromatic ring is 1. The number of alkyl halides is 3. The van der Waals surface area contributed by atoms with Crippen LogP contribution in [-0.2, 0) is 5.41 Å². The minimum absolute atomic E-state index is 0.00148.